The van der Waals surface area contributed by atoms with E-state index in [2.05, 4.69) is 4.98 Å². The van der Waals surface area contributed by atoms with Crippen molar-refractivity contribution in [2.45, 2.75) is 26.9 Å². The van der Waals surface area contributed by atoms with Crippen molar-refractivity contribution >= 4 is 16.8 Å². The minimum absolute atomic E-state index is 0.136. The van der Waals surface area contributed by atoms with Gasteiger partial charge in [-0.05, 0) is 61.2 Å². The van der Waals surface area contributed by atoms with Crippen LogP contribution in [-0.4, -0.2) is 15.8 Å². The van der Waals surface area contributed by atoms with Crippen LogP contribution in [0.4, 0.5) is 0 Å². The van der Waals surface area contributed by atoms with Crippen molar-refractivity contribution in [3.8, 4) is 0 Å². The van der Waals surface area contributed by atoms with E-state index in [4.69, 9.17) is 4.42 Å². The van der Waals surface area contributed by atoms with Gasteiger partial charge in [-0.1, -0.05) is 29.8 Å². The van der Waals surface area contributed by atoms with Gasteiger partial charge in [0.25, 0.3) is 11.5 Å². The highest BCUT2D eigenvalue weighted by molar-refractivity contribution is 5.95. The van der Waals surface area contributed by atoms with Crippen molar-refractivity contribution in [3.05, 3.63) is 105 Å². The molecule has 146 valence electrons. The van der Waals surface area contributed by atoms with Gasteiger partial charge in [0.2, 0.25) is 0 Å². The van der Waals surface area contributed by atoms with E-state index in [1.807, 2.05) is 62.4 Å². The fourth-order valence-electron chi connectivity index (χ4n) is 3.47. The Labute approximate surface area is 168 Å². The molecule has 0 spiro atoms. The molecule has 5 heteroatoms. The van der Waals surface area contributed by atoms with Crippen LogP contribution in [0.25, 0.3) is 10.9 Å². The molecule has 0 saturated heterocycles. The van der Waals surface area contributed by atoms with E-state index in [9.17, 15) is 9.59 Å². The maximum atomic E-state index is 13.3. The Hall–Kier alpha value is -3.60. The van der Waals surface area contributed by atoms with Crippen LogP contribution in [0, 0.1) is 13.8 Å². The Balaban J connectivity index is 1.73. The van der Waals surface area contributed by atoms with Crippen LogP contribution in [0.3, 0.4) is 0 Å². The Kier molecular flexibility index (Phi) is 5.04. The smallest absolute Gasteiger partial charge is 0.254 e. The number of nitrogens with zero attached hydrogens (tertiary/aromatic N) is 1. The van der Waals surface area contributed by atoms with Crippen LogP contribution in [0.2, 0.25) is 0 Å². The number of pyridine rings is 1. The number of furan rings is 1. The second kappa shape index (κ2) is 7.80. The summed E-state index contributed by atoms with van der Waals surface area (Å²) >= 11 is 0. The molecule has 0 aliphatic heterocycles. The van der Waals surface area contributed by atoms with Crippen LogP contribution in [0.15, 0.2) is 76.1 Å². The molecular weight excluding hydrogens is 364 g/mol. The fourth-order valence-corrected chi connectivity index (χ4v) is 3.47. The average molecular weight is 386 g/mol. The molecule has 1 amide bonds. The first-order valence-corrected chi connectivity index (χ1v) is 9.51. The number of amides is 1. The third-order valence-corrected chi connectivity index (χ3v) is 5.03. The first kappa shape index (κ1) is 18.7. The SMILES string of the molecule is Cc1ccc2[nH]c(=O)c(CN(Cc3ccco3)C(=O)c3ccccc3C)cc2c1. The lowest BCUT2D eigenvalue weighted by molar-refractivity contribution is 0.0716. The highest BCUT2D eigenvalue weighted by atomic mass is 16.3. The summed E-state index contributed by atoms with van der Waals surface area (Å²) in [7, 11) is 0. The summed E-state index contributed by atoms with van der Waals surface area (Å²) in [6, 6.07) is 18.8. The number of fused-ring (bicyclic) bond motifs is 1. The number of H-pyrrole nitrogens is 1. The predicted octanol–water partition coefficient (Wildman–Crippen LogP) is 4.58. The molecule has 2 heterocycles. The molecule has 0 bridgehead atoms. The number of aromatic amines is 1. The van der Waals surface area contributed by atoms with Crippen LogP contribution in [0.1, 0.15) is 32.8 Å². The van der Waals surface area contributed by atoms with Gasteiger partial charge in [0, 0.05) is 16.6 Å². The van der Waals surface area contributed by atoms with Crippen molar-refractivity contribution < 1.29 is 9.21 Å². The third kappa shape index (κ3) is 3.99. The Bertz CT molecular complexity index is 1220. The number of rotatable bonds is 5. The number of aromatic nitrogens is 1. The summed E-state index contributed by atoms with van der Waals surface area (Å²) in [5, 5.41) is 0.945. The molecule has 0 aliphatic rings. The number of benzene rings is 2. The molecule has 4 rings (SSSR count). The van der Waals surface area contributed by atoms with E-state index in [-0.39, 0.29) is 24.6 Å². The van der Waals surface area contributed by atoms with Gasteiger partial charge >= 0.3 is 0 Å². The molecule has 0 radical (unpaired) electrons. The van der Waals surface area contributed by atoms with Gasteiger partial charge in [-0.2, -0.15) is 0 Å². The Morgan fingerprint density at radius 2 is 1.83 bits per heavy atom. The molecule has 29 heavy (non-hydrogen) atoms. The summed E-state index contributed by atoms with van der Waals surface area (Å²) in [5.74, 6) is 0.531. The monoisotopic (exact) mass is 386 g/mol. The quantitative estimate of drug-likeness (QED) is 0.546. The van der Waals surface area contributed by atoms with E-state index in [1.54, 1.807) is 23.3 Å². The fraction of sp³-hybridized carbons (Fsp3) is 0.167. The van der Waals surface area contributed by atoms with Gasteiger partial charge in [0.1, 0.15) is 5.76 Å². The maximum Gasteiger partial charge on any atom is 0.254 e. The van der Waals surface area contributed by atoms with E-state index in [1.165, 1.54) is 0 Å². The molecule has 0 fully saturated rings. The number of carbonyl (C=O) groups is 1. The minimum Gasteiger partial charge on any atom is -0.467 e. The summed E-state index contributed by atoms with van der Waals surface area (Å²) < 4.78 is 5.45. The first-order valence-electron chi connectivity index (χ1n) is 9.51. The molecule has 0 unspecified atom stereocenters. The number of nitrogens with one attached hydrogen (secondary N) is 1. The summed E-state index contributed by atoms with van der Waals surface area (Å²) in [4.78, 5) is 30.5. The Morgan fingerprint density at radius 1 is 1.00 bits per heavy atom. The van der Waals surface area contributed by atoms with E-state index in [0.717, 1.165) is 22.0 Å². The maximum absolute atomic E-state index is 13.3. The lowest BCUT2D eigenvalue weighted by atomic mass is 10.1. The zero-order chi connectivity index (χ0) is 20.4. The molecule has 0 saturated carbocycles. The lowest BCUT2D eigenvalue weighted by Crippen LogP contribution is -2.32. The van der Waals surface area contributed by atoms with Gasteiger partial charge in [-0.25, -0.2) is 0 Å². The van der Waals surface area contributed by atoms with Crippen molar-refractivity contribution in [1.29, 1.82) is 0 Å². The zero-order valence-electron chi connectivity index (χ0n) is 16.4. The minimum atomic E-state index is -0.191. The largest absolute Gasteiger partial charge is 0.467 e. The highest BCUT2D eigenvalue weighted by Crippen LogP contribution is 2.18. The zero-order valence-corrected chi connectivity index (χ0v) is 16.4. The third-order valence-electron chi connectivity index (χ3n) is 5.03. The number of hydrogen-bond donors (Lipinski definition) is 1. The molecule has 5 nitrogen and oxygen atoms in total. The van der Waals surface area contributed by atoms with Gasteiger partial charge in [0.15, 0.2) is 0 Å². The topological polar surface area (TPSA) is 66.3 Å². The van der Waals surface area contributed by atoms with E-state index < -0.39 is 0 Å². The van der Waals surface area contributed by atoms with Gasteiger partial charge in [-0.15, -0.1) is 0 Å². The molecule has 1 N–H and O–H groups in total. The summed E-state index contributed by atoms with van der Waals surface area (Å²) in [6.45, 7) is 4.39. The lowest BCUT2D eigenvalue weighted by Gasteiger charge is -2.22. The van der Waals surface area contributed by atoms with Crippen molar-refractivity contribution in [2.24, 2.45) is 0 Å². The van der Waals surface area contributed by atoms with E-state index >= 15 is 0 Å². The molecule has 4 aromatic rings. The van der Waals surface area contributed by atoms with Crippen LogP contribution in [-0.2, 0) is 13.1 Å². The molecule has 2 aromatic heterocycles. The second-order valence-electron chi connectivity index (χ2n) is 7.27. The number of hydrogen-bond acceptors (Lipinski definition) is 3. The van der Waals surface area contributed by atoms with Crippen LogP contribution >= 0.6 is 0 Å². The van der Waals surface area contributed by atoms with Gasteiger partial charge in [0.05, 0.1) is 19.4 Å². The Morgan fingerprint density at radius 3 is 2.59 bits per heavy atom. The molecule has 2 aromatic carbocycles. The first-order chi connectivity index (χ1) is 14.0. The van der Waals surface area contributed by atoms with E-state index in [0.29, 0.717) is 16.9 Å². The highest BCUT2D eigenvalue weighted by Gasteiger charge is 2.20. The second-order valence-corrected chi connectivity index (χ2v) is 7.27. The van der Waals surface area contributed by atoms with Gasteiger partial charge in [-0.3, -0.25) is 9.59 Å². The summed E-state index contributed by atoms with van der Waals surface area (Å²) in [6.07, 6.45) is 1.58. The number of carbonyl (C=O) groups excluding carboxylic acids is 1. The van der Waals surface area contributed by atoms with Crippen molar-refractivity contribution in [3.63, 3.8) is 0 Å². The normalized spacial score (nSPS) is 11.0. The predicted molar refractivity (Wildman–Crippen MR) is 113 cm³/mol. The number of aryl methyl sites for hydroxylation is 2. The van der Waals surface area contributed by atoms with Crippen molar-refractivity contribution in [2.75, 3.05) is 0 Å². The van der Waals surface area contributed by atoms with Crippen LogP contribution < -0.4 is 5.56 Å². The van der Waals surface area contributed by atoms with Gasteiger partial charge < -0.3 is 14.3 Å². The van der Waals surface area contributed by atoms with Crippen molar-refractivity contribution in [1.82, 2.24) is 9.88 Å². The summed E-state index contributed by atoms with van der Waals surface area (Å²) in [5.41, 5.74) is 3.75. The molecule has 0 atom stereocenters. The standard InChI is InChI=1S/C24H22N2O3/c1-16-9-10-22-18(12-16)13-19(23(27)25-22)14-26(15-20-7-5-11-29-20)24(28)21-8-4-3-6-17(21)2/h3-13H,14-15H2,1-2H3,(H,25,27). The average Bonchev–Trinajstić information content (AvgIpc) is 3.21. The van der Waals surface area contributed by atoms with Crippen LogP contribution in [0.5, 0.6) is 0 Å². The molecular formula is C24H22N2O3. The molecule has 0 aliphatic carbocycles.